The van der Waals surface area contributed by atoms with Crippen LogP contribution in [0.1, 0.15) is 43.7 Å². The van der Waals surface area contributed by atoms with Crippen LogP contribution in [-0.4, -0.2) is 25.3 Å². The highest BCUT2D eigenvalue weighted by Gasteiger charge is 2.30. The van der Waals surface area contributed by atoms with Crippen LogP contribution < -0.4 is 5.73 Å². The first kappa shape index (κ1) is 15.5. The molecule has 1 aromatic carbocycles. The molecule has 1 aliphatic rings. The second-order valence-corrected chi connectivity index (χ2v) is 7.34. The fourth-order valence-corrected chi connectivity index (χ4v) is 4.78. The van der Waals surface area contributed by atoms with Crippen LogP contribution in [0.5, 0.6) is 0 Å². The van der Waals surface area contributed by atoms with E-state index in [2.05, 4.69) is 0 Å². The van der Waals surface area contributed by atoms with Gasteiger partial charge < -0.3 is 5.73 Å². The number of hydrogen-bond acceptors (Lipinski definition) is 3. The van der Waals surface area contributed by atoms with Crippen LogP contribution in [0.15, 0.2) is 24.3 Å². The van der Waals surface area contributed by atoms with Crippen molar-refractivity contribution >= 4 is 10.0 Å². The first-order chi connectivity index (χ1) is 9.56. The van der Waals surface area contributed by atoms with Gasteiger partial charge in [-0.25, -0.2) is 8.42 Å². The van der Waals surface area contributed by atoms with Gasteiger partial charge in [0.1, 0.15) is 0 Å². The van der Waals surface area contributed by atoms with Crippen molar-refractivity contribution in [2.24, 2.45) is 5.73 Å². The van der Waals surface area contributed by atoms with Crippen LogP contribution in [0.3, 0.4) is 0 Å². The van der Waals surface area contributed by atoms with E-state index >= 15 is 0 Å². The standard InChI is InChI=1S/C15H24N2O2S/c1-2-17(15-5-3-4-6-15)20(18,19)12-14-9-7-13(11-16)8-10-14/h7-10,15H,2-6,11-12,16H2,1H3. The number of nitrogens with two attached hydrogens (primary N) is 1. The number of hydrogen-bond donors (Lipinski definition) is 1. The number of rotatable bonds is 6. The predicted molar refractivity (Wildman–Crippen MR) is 81.6 cm³/mol. The summed E-state index contributed by atoms with van der Waals surface area (Å²) in [5.41, 5.74) is 7.41. The highest BCUT2D eigenvalue weighted by molar-refractivity contribution is 7.88. The Morgan fingerprint density at radius 3 is 2.20 bits per heavy atom. The van der Waals surface area contributed by atoms with E-state index in [0.717, 1.165) is 36.8 Å². The number of nitrogens with zero attached hydrogens (tertiary/aromatic N) is 1. The van der Waals surface area contributed by atoms with Crippen molar-refractivity contribution in [3.63, 3.8) is 0 Å². The van der Waals surface area contributed by atoms with E-state index in [1.165, 1.54) is 0 Å². The monoisotopic (exact) mass is 296 g/mol. The van der Waals surface area contributed by atoms with E-state index in [4.69, 9.17) is 5.73 Å². The van der Waals surface area contributed by atoms with Gasteiger partial charge in [-0.15, -0.1) is 0 Å². The Morgan fingerprint density at radius 2 is 1.70 bits per heavy atom. The summed E-state index contributed by atoms with van der Waals surface area (Å²) in [6, 6.07) is 7.73. The van der Waals surface area contributed by atoms with Gasteiger partial charge in [0, 0.05) is 19.1 Å². The zero-order valence-electron chi connectivity index (χ0n) is 12.1. The summed E-state index contributed by atoms with van der Waals surface area (Å²) in [6.07, 6.45) is 4.28. The zero-order valence-corrected chi connectivity index (χ0v) is 12.9. The minimum Gasteiger partial charge on any atom is -0.326 e. The summed E-state index contributed by atoms with van der Waals surface area (Å²) in [5, 5.41) is 0. The summed E-state index contributed by atoms with van der Waals surface area (Å²) in [6.45, 7) is 2.97. The van der Waals surface area contributed by atoms with Crippen LogP contribution in [0.4, 0.5) is 0 Å². The van der Waals surface area contributed by atoms with Crippen LogP contribution in [-0.2, 0) is 22.3 Å². The normalized spacial score (nSPS) is 16.9. The third kappa shape index (κ3) is 3.59. The van der Waals surface area contributed by atoms with Gasteiger partial charge in [0.2, 0.25) is 10.0 Å². The van der Waals surface area contributed by atoms with E-state index < -0.39 is 10.0 Å². The molecular weight excluding hydrogens is 272 g/mol. The number of sulfonamides is 1. The van der Waals surface area contributed by atoms with E-state index in [9.17, 15) is 8.42 Å². The molecule has 1 aliphatic carbocycles. The summed E-state index contributed by atoms with van der Waals surface area (Å²) in [5.74, 6) is 0.0855. The van der Waals surface area contributed by atoms with Crippen molar-refractivity contribution in [2.45, 2.75) is 50.9 Å². The van der Waals surface area contributed by atoms with Crippen LogP contribution in [0.25, 0.3) is 0 Å². The summed E-state index contributed by atoms with van der Waals surface area (Å²) < 4.78 is 26.8. The van der Waals surface area contributed by atoms with E-state index in [1.807, 2.05) is 31.2 Å². The van der Waals surface area contributed by atoms with Gasteiger partial charge in [0.15, 0.2) is 0 Å². The minimum absolute atomic E-state index is 0.0855. The maximum Gasteiger partial charge on any atom is 0.218 e. The smallest absolute Gasteiger partial charge is 0.218 e. The van der Waals surface area contributed by atoms with Gasteiger partial charge in [0.25, 0.3) is 0 Å². The van der Waals surface area contributed by atoms with Crippen molar-refractivity contribution in [3.8, 4) is 0 Å². The maximum atomic E-state index is 12.6. The molecule has 1 saturated carbocycles. The average molecular weight is 296 g/mol. The molecular formula is C15H24N2O2S. The molecule has 20 heavy (non-hydrogen) atoms. The molecule has 0 spiro atoms. The van der Waals surface area contributed by atoms with Crippen LogP contribution in [0.2, 0.25) is 0 Å². The van der Waals surface area contributed by atoms with E-state index in [-0.39, 0.29) is 11.8 Å². The molecule has 0 amide bonds. The Bertz CT molecular complexity index is 519. The van der Waals surface area contributed by atoms with Crippen molar-refractivity contribution in [2.75, 3.05) is 6.54 Å². The summed E-state index contributed by atoms with van der Waals surface area (Å²) >= 11 is 0. The van der Waals surface area contributed by atoms with Gasteiger partial charge in [-0.2, -0.15) is 4.31 Å². The summed E-state index contributed by atoms with van der Waals surface area (Å²) in [4.78, 5) is 0. The van der Waals surface area contributed by atoms with Crippen molar-refractivity contribution in [1.82, 2.24) is 4.31 Å². The second-order valence-electron chi connectivity index (χ2n) is 5.42. The molecule has 0 aliphatic heterocycles. The lowest BCUT2D eigenvalue weighted by atomic mass is 10.1. The molecule has 1 aromatic rings. The van der Waals surface area contributed by atoms with Gasteiger partial charge >= 0.3 is 0 Å². The highest BCUT2D eigenvalue weighted by Crippen LogP contribution is 2.26. The molecule has 112 valence electrons. The van der Waals surface area contributed by atoms with Gasteiger partial charge in [0.05, 0.1) is 5.75 Å². The lowest BCUT2D eigenvalue weighted by Crippen LogP contribution is -2.39. The molecule has 0 heterocycles. The molecule has 4 nitrogen and oxygen atoms in total. The molecule has 0 bridgehead atoms. The van der Waals surface area contributed by atoms with Gasteiger partial charge in [-0.05, 0) is 24.0 Å². The lowest BCUT2D eigenvalue weighted by molar-refractivity contribution is 0.335. The Kier molecular flexibility index (Phi) is 5.18. The molecule has 2 rings (SSSR count). The van der Waals surface area contributed by atoms with Crippen molar-refractivity contribution < 1.29 is 8.42 Å². The molecule has 0 saturated heterocycles. The maximum absolute atomic E-state index is 12.6. The quantitative estimate of drug-likeness (QED) is 0.875. The molecule has 2 N–H and O–H groups in total. The second kappa shape index (κ2) is 6.70. The van der Waals surface area contributed by atoms with E-state index in [1.54, 1.807) is 4.31 Å². The van der Waals surface area contributed by atoms with Crippen LogP contribution >= 0.6 is 0 Å². The van der Waals surface area contributed by atoms with Gasteiger partial charge in [-0.1, -0.05) is 44.0 Å². The molecule has 0 unspecified atom stereocenters. The molecule has 0 aromatic heterocycles. The third-order valence-corrected chi connectivity index (χ3v) is 5.98. The first-order valence-electron chi connectivity index (χ1n) is 7.34. The number of benzene rings is 1. The predicted octanol–water partition coefficient (Wildman–Crippen LogP) is 2.24. The topological polar surface area (TPSA) is 63.4 Å². The highest BCUT2D eigenvalue weighted by atomic mass is 32.2. The van der Waals surface area contributed by atoms with Crippen molar-refractivity contribution in [3.05, 3.63) is 35.4 Å². The minimum atomic E-state index is -3.23. The van der Waals surface area contributed by atoms with Crippen molar-refractivity contribution in [1.29, 1.82) is 0 Å². The largest absolute Gasteiger partial charge is 0.326 e. The van der Waals surface area contributed by atoms with E-state index in [0.29, 0.717) is 13.1 Å². The fraction of sp³-hybridized carbons (Fsp3) is 0.600. The fourth-order valence-electron chi connectivity index (χ4n) is 2.94. The average Bonchev–Trinajstić information content (AvgIpc) is 2.93. The Morgan fingerprint density at radius 1 is 1.15 bits per heavy atom. The first-order valence-corrected chi connectivity index (χ1v) is 8.95. The zero-order chi connectivity index (χ0) is 14.6. The molecule has 0 atom stereocenters. The lowest BCUT2D eigenvalue weighted by Gasteiger charge is -2.26. The Labute approximate surface area is 122 Å². The Balaban J connectivity index is 2.11. The molecule has 1 fully saturated rings. The summed E-state index contributed by atoms with van der Waals surface area (Å²) in [7, 11) is -3.23. The third-order valence-electron chi connectivity index (χ3n) is 4.01. The Hall–Kier alpha value is -0.910. The molecule has 0 radical (unpaired) electrons. The van der Waals surface area contributed by atoms with Gasteiger partial charge in [-0.3, -0.25) is 0 Å². The molecule has 5 heteroatoms. The SMILES string of the molecule is CCN(C1CCCC1)S(=O)(=O)Cc1ccc(CN)cc1. The van der Waals surface area contributed by atoms with Crippen LogP contribution in [0, 0.1) is 0 Å².